The van der Waals surface area contributed by atoms with E-state index < -0.39 is 11.6 Å². The van der Waals surface area contributed by atoms with E-state index >= 15 is 0 Å². The quantitative estimate of drug-likeness (QED) is 0.279. The molecule has 0 aliphatic carbocycles. The number of amidine groups is 1. The van der Waals surface area contributed by atoms with Crippen LogP contribution >= 0.6 is 0 Å². The van der Waals surface area contributed by atoms with E-state index in [-0.39, 0.29) is 22.7 Å². The van der Waals surface area contributed by atoms with Crippen molar-refractivity contribution in [1.82, 2.24) is 0 Å². The Bertz CT molecular complexity index is 998. The second-order valence-corrected chi connectivity index (χ2v) is 5.79. The van der Waals surface area contributed by atoms with E-state index in [1.54, 1.807) is 18.2 Å². The first-order valence-corrected chi connectivity index (χ1v) is 7.88. The van der Waals surface area contributed by atoms with Crippen molar-refractivity contribution in [3.05, 3.63) is 71.8 Å². The summed E-state index contributed by atoms with van der Waals surface area (Å²) in [5.41, 5.74) is 7.79. The van der Waals surface area contributed by atoms with Crippen LogP contribution in [0.25, 0.3) is 22.3 Å². The lowest BCUT2D eigenvalue weighted by Gasteiger charge is -2.17. The zero-order valence-electron chi connectivity index (χ0n) is 14.3. The predicted octanol–water partition coefficient (Wildman–Crippen LogP) is 4.11. The molecular formula is C20H16F2N2O3. The number of phenols is 1. The Morgan fingerprint density at radius 1 is 0.963 bits per heavy atom. The number of phenolic OH excluding ortho intramolecular Hbond substituents is 1. The molecular weight excluding hydrogens is 354 g/mol. The fourth-order valence-corrected chi connectivity index (χ4v) is 2.87. The highest BCUT2D eigenvalue weighted by atomic mass is 19.1. The number of halogens is 2. The van der Waals surface area contributed by atoms with Crippen LogP contribution in [-0.4, -0.2) is 23.3 Å². The summed E-state index contributed by atoms with van der Waals surface area (Å²) >= 11 is 0. The Hall–Kier alpha value is -3.61. The summed E-state index contributed by atoms with van der Waals surface area (Å²) in [6.07, 6.45) is 0. The molecule has 138 valence electrons. The lowest BCUT2D eigenvalue weighted by atomic mass is 9.89. The Labute approximate surface area is 153 Å². The molecule has 0 bridgehead atoms. The van der Waals surface area contributed by atoms with Crippen LogP contribution in [0.2, 0.25) is 0 Å². The number of aromatic hydroxyl groups is 1. The summed E-state index contributed by atoms with van der Waals surface area (Å²) in [5, 5.41) is 21.7. The fourth-order valence-electron chi connectivity index (χ4n) is 2.87. The zero-order valence-corrected chi connectivity index (χ0v) is 14.3. The zero-order chi connectivity index (χ0) is 19.6. The number of ether oxygens (including phenoxy) is 1. The molecule has 5 nitrogen and oxygen atoms in total. The summed E-state index contributed by atoms with van der Waals surface area (Å²) in [6, 6.07) is 12.5. The number of rotatable bonds is 4. The van der Waals surface area contributed by atoms with Crippen molar-refractivity contribution < 1.29 is 23.8 Å². The number of hydrogen-bond acceptors (Lipinski definition) is 4. The minimum absolute atomic E-state index is 0.0663. The maximum absolute atomic E-state index is 13.9. The van der Waals surface area contributed by atoms with E-state index in [4.69, 9.17) is 10.5 Å². The monoisotopic (exact) mass is 370 g/mol. The molecule has 0 aliphatic heterocycles. The normalized spacial score (nSPS) is 11.4. The molecule has 0 unspecified atom stereocenters. The molecule has 0 aromatic heterocycles. The minimum Gasteiger partial charge on any atom is -0.508 e. The second kappa shape index (κ2) is 7.33. The van der Waals surface area contributed by atoms with Crippen LogP contribution in [0, 0.1) is 11.6 Å². The van der Waals surface area contributed by atoms with Gasteiger partial charge in [-0.25, -0.2) is 8.78 Å². The molecule has 3 aromatic rings. The summed E-state index contributed by atoms with van der Waals surface area (Å²) < 4.78 is 33.0. The first-order valence-electron chi connectivity index (χ1n) is 7.88. The third-order valence-corrected chi connectivity index (χ3v) is 4.06. The third-order valence-electron chi connectivity index (χ3n) is 4.06. The topological polar surface area (TPSA) is 88.1 Å². The predicted molar refractivity (Wildman–Crippen MR) is 98.0 cm³/mol. The van der Waals surface area contributed by atoms with Gasteiger partial charge < -0.3 is 20.8 Å². The molecule has 0 aliphatic rings. The highest BCUT2D eigenvalue weighted by Gasteiger charge is 2.19. The standard InChI is InChI=1S/C20H16F2N2O3/c1-27-16-9-17(11-2-4-15(25)5-3-11)19(18(10-16)20(23)24-26)12-6-13(21)8-14(22)7-12/h2-10,25-26H,1H3,(H2,23,24). The average Bonchev–Trinajstić information content (AvgIpc) is 2.66. The van der Waals surface area contributed by atoms with Crippen LogP contribution in [0.5, 0.6) is 11.5 Å². The molecule has 0 amide bonds. The number of hydrogen-bond donors (Lipinski definition) is 3. The van der Waals surface area contributed by atoms with Gasteiger partial charge >= 0.3 is 0 Å². The first kappa shape index (κ1) is 18.2. The van der Waals surface area contributed by atoms with Gasteiger partial charge in [0.05, 0.1) is 7.11 Å². The molecule has 0 saturated heterocycles. The van der Waals surface area contributed by atoms with Gasteiger partial charge in [0, 0.05) is 17.2 Å². The Balaban J connectivity index is 2.41. The number of oxime groups is 1. The van der Waals surface area contributed by atoms with Gasteiger partial charge in [-0.15, -0.1) is 0 Å². The molecule has 0 radical (unpaired) electrons. The van der Waals surface area contributed by atoms with Crippen molar-refractivity contribution in [2.24, 2.45) is 10.9 Å². The van der Waals surface area contributed by atoms with E-state index in [0.29, 0.717) is 22.4 Å². The van der Waals surface area contributed by atoms with Gasteiger partial charge in [0.15, 0.2) is 5.84 Å². The van der Waals surface area contributed by atoms with Crippen molar-refractivity contribution in [1.29, 1.82) is 0 Å². The molecule has 7 heteroatoms. The molecule has 4 N–H and O–H groups in total. The van der Waals surface area contributed by atoms with Gasteiger partial charge in [-0.3, -0.25) is 0 Å². The van der Waals surface area contributed by atoms with Crippen LogP contribution in [0.15, 0.2) is 59.8 Å². The van der Waals surface area contributed by atoms with Crippen molar-refractivity contribution in [2.75, 3.05) is 7.11 Å². The summed E-state index contributed by atoms with van der Waals surface area (Å²) in [5.74, 6) is -1.29. The van der Waals surface area contributed by atoms with Crippen LogP contribution < -0.4 is 10.5 Å². The smallest absolute Gasteiger partial charge is 0.170 e. The molecule has 27 heavy (non-hydrogen) atoms. The van der Waals surface area contributed by atoms with Crippen LogP contribution in [0.3, 0.4) is 0 Å². The van der Waals surface area contributed by atoms with Crippen molar-refractivity contribution in [3.8, 4) is 33.8 Å². The molecule has 3 rings (SSSR count). The Morgan fingerprint density at radius 2 is 1.59 bits per heavy atom. The lowest BCUT2D eigenvalue weighted by Crippen LogP contribution is -2.15. The van der Waals surface area contributed by atoms with Crippen LogP contribution in [-0.2, 0) is 0 Å². The first-order chi connectivity index (χ1) is 12.9. The molecule has 0 heterocycles. The maximum Gasteiger partial charge on any atom is 0.170 e. The van der Waals surface area contributed by atoms with Crippen molar-refractivity contribution in [3.63, 3.8) is 0 Å². The van der Waals surface area contributed by atoms with Gasteiger partial charge in [0.1, 0.15) is 23.1 Å². The number of nitrogens with two attached hydrogens (primary N) is 1. The number of methoxy groups -OCH3 is 1. The largest absolute Gasteiger partial charge is 0.508 e. The molecule has 3 aromatic carbocycles. The summed E-state index contributed by atoms with van der Waals surface area (Å²) in [7, 11) is 1.45. The number of benzene rings is 3. The van der Waals surface area contributed by atoms with Gasteiger partial charge in [-0.05, 0) is 53.1 Å². The highest BCUT2D eigenvalue weighted by molar-refractivity contribution is 6.07. The number of nitrogens with zero attached hydrogens (tertiary/aromatic N) is 1. The van der Waals surface area contributed by atoms with Crippen LogP contribution in [0.4, 0.5) is 8.78 Å². The average molecular weight is 370 g/mol. The minimum atomic E-state index is -0.761. The Kier molecular flexibility index (Phi) is 4.94. The lowest BCUT2D eigenvalue weighted by molar-refractivity contribution is 0.318. The van der Waals surface area contributed by atoms with E-state index in [2.05, 4.69) is 5.16 Å². The van der Waals surface area contributed by atoms with Gasteiger partial charge in [0.25, 0.3) is 0 Å². The fraction of sp³-hybridized carbons (Fsp3) is 0.0500. The molecule has 0 saturated carbocycles. The van der Waals surface area contributed by atoms with E-state index in [0.717, 1.165) is 18.2 Å². The van der Waals surface area contributed by atoms with E-state index in [9.17, 15) is 19.1 Å². The highest BCUT2D eigenvalue weighted by Crippen LogP contribution is 2.39. The van der Waals surface area contributed by atoms with E-state index in [1.807, 2.05) is 0 Å². The van der Waals surface area contributed by atoms with Gasteiger partial charge in [-0.1, -0.05) is 17.3 Å². The summed E-state index contributed by atoms with van der Waals surface area (Å²) in [6.45, 7) is 0. The van der Waals surface area contributed by atoms with Crippen molar-refractivity contribution >= 4 is 5.84 Å². The van der Waals surface area contributed by atoms with Crippen molar-refractivity contribution in [2.45, 2.75) is 0 Å². The summed E-state index contributed by atoms with van der Waals surface area (Å²) in [4.78, 5) is 0. The molecule has 0 fully saturated rings. The van der Waals surface area contributed by atoms with Gasteiger partial charge in [0.2, 0.25) is 0 Å². The van der Waals surface area contributed by atoms with Crippen LogP contribution in [0.1, 0.15) is 5.56 Å². The SMILES string of the molecule is COc1cc(/C(N)=N/O)c(-c2cc(F)cc(F)c2)c(-c2ccc(O)cc2)c1. The van der Waals surface area contributed by atoms with Gasteiger partial charge in [-0.2, -0.15) is 0 Å². The molecule has 0 spiro atoms. The maximum atomic E-state index is 13.9. The second-order valence-electron chi connectivity index (χ2n) is 5.79. The Morgan fingerprint density at radius 3 is 2.15 bits per heavy atom. The molecule has 0 atom stereocenters. The van der Waals surface area contributed by atoms with E-state index in [1.165, 1.54) is 25.3 Å². The third kappa shape index (κ3) is 3.67.